The van der Waals surface area contributed by atoms with E-state index in [9.17, 15) is 13.0 Å². The van der Waals surface area contributed by atoms with Gasteiger partial charge in [0.1, 0.15) is 10.6 Å². The molecule has 10 heteroatoms. The van der Waals surface area contributed by atoms with Crippen molar-refractivity contribution in [1.29, 1.82) is 0 Å². The molecule has 0 saturated heterocycles. The zero-order valence-electron chi connectivity index (χ0n) is 11.2. The minimum absolute atomic E-state index is 0.0841. The van der Waals surface area contributed by atoms with Crippen molar-refractivity contribution in [3.63, 3.8) is 0 Å². The highest BCUT2D eigenvalue weighted by Gasteiger charge is 2.20. The SMILES string of the molecule is O=S(=O)(O)c1ccc2ccccc2c1Nc1c(Cl)nnnc1Cl. The number of anilines is 2. The van der Waals surface area contributed by atoms with E-state index in [0.717, 1.165) is 5.39 Å². The Morgan fingerprint density at radius 1 is 0.957 bits per heavy atom. The first-order chi connectivity index (χ1) is 10.9. The van der Waals surface area contributed by atoms with E-state index in [2.05, 4.69) is 20.7 Å². The molecule has 1 heterocycles. The van der Waals surface area contributed by atoms with Crippen LogP contribution in [0, 0.1) is 0 Å². The highest BCUT2D eigenvalue weighted by atomic mass is 35.5. The Bertz CT molecular complexity index is 991. The van der Waals surface area contributed by atoms with E-state index in [-0.39, 0.29) is 26.6 Å². The number of hydrogen-bond acceptors (Lipinski definition) is 6. The molecule has 0 fully saturated rings. The van der Waals surface area contributed by atoms with E-state index in [1.54, 1.807) is 30.3 Å². The molecule has 0 aliphatic heterocycles. The molecule has 1 aromatic heterocycles. The molecule has 0 spiro atoms. The summed E-state index contributed by atoms with van der Waals surface area (Å²) in [5.41, 5.74) is 0.203. The van der Waals surface area contributed by atoms with Gasteiger partial charge in [0.15, 0.2) is 10.3 Å². The quantitative estimate of drug-likeness (QED) is 0.681. The van der Waals surface area contributed by atoms with Gasteiger partial charge in [0.05, 0.1) is 5.69 Å². The fourth-order valence-corrected chi connectivity index (χ4v) is 3.16. The number of halogens is 2. The topological polar surface area (TPSA) is 105 Å². The number of nitrogens with zero attached hydrogens (tertiary/aromatic N) is 3. The van der Waals surface area contributed by atoms with E-state index in [4.69, 9.17) is 23.2 Å². The van der Waals surface area contributed by atoms with Crippen LogP contribution < -0.4 is 5.32 Å². The Morgan fingerprint density at radius 3 is 2.26 bits per heavy atom. The van der Waals surface area contributed by atoms with Gasteiger partial charge in [-0.3, -0.25) is 4.55 Å². The Labute approximate surface area is 141 Å². The van der Waals surface area contributed by atoms with Crippen LogP contribution in [-0.2, 0) is 10.1 Å². The molecule has 0 aliphatic rings. The summed E-state index contributed by atoms with van der Waals surface area (Å²) in [6.07, 6.45) is 0. The Hall–Kier alpha value is -2.00. The van der Waals surface area contributed by atoms with Crippen LogP contribution in [0.1, 0.15) is 0 Å². The molecule has 118 valence electrons. The second-order valence-electron chi connectivity index (χ2n) is 4.51. The fraction of sp³-hybridized carbons (Fsp3) is 0. The lowest BCUT2D eigenvalue weighted by Gasteiger charge is -2.14. The number of fused-ring (bicyclic) bond motifs is 1. The third-order valence-corrected chi connectivity index (χ3v) is 4.52. The molecule has 0 radical (unpaired) electrons. The van der Waals surface area contributed by atoms with Gasteiger partial charge in [-0.1, -0.05) is 53.5 Å². The maximum atomic E-state index is 11.7. The van der Waals surface area contributed by atoms with Crippen LogP contribution in [0.15, 0.2) is 41.3 Å². The normalized spacial score (nSPS) is 11.6. The van der Waals surface area contributed by atoms with Crippen LogP contribution >= 0.6 is 23.2 Å². The van der Waals surface area contributed by atoms with Crippen LogP contribution in [0.4, 0.5) is 11.4 Å². The van der Waals surface area contributed by atoms with Gasteiger partial charge in [-0.25, -0.2) is 0 Å². The van der Waals surface area contributed by atoms with Crippen molar-refractivity contribution < 1.29 is 13.0 Å². The summed E-state index contributed by atoms with van der Waals surface area (Å²) in [6, 6.07) is 9.87. The summed E-state index contributed by atoms with van der Waals surface area (Å²) < 4.78 is 32.8. The monoisotopic (exact) mass is 370 g/mol. The van der Waals surface area contributed by atoms with Crippen LogP contribution in [0.3, 0.4) is 0 Å². The summed E-state index contributed by atoms with van der Waals surface area (Å²) in [6.45, 7) is 0. The van der Waals surface area contributed by atoms with Crippen molar-refractivity contribution in [2.24, 2.45) is 0 Å². The van der Waals surface area contributed by atoms with Crippen molar-refractivity contribution in [1.82, 2.24) is 15.4 Å². The average molecular weight is 371 g/mol. The molecule has 3 aromatic rings. The van der Waals surface area contributed by atoms with Crippen molar-refractivity contribution >= 4 is 55.5 Å². The number of hydrogen-bond donors (Lipinski definition) is 2. The van der Waals surface area contributed by atoms with E-state index in [1.807, 2.05) is 0 Å². The molecule has 0 bridgehead atoms. The van der Waals surface area contributed by atoms with Gasteiger partial charge in [-0.05, 0) is 16.7 Å². The highest BCUT2D eigenvalue weighted by Crippen LogP contribution is 2.36. The minimum Gasteiger partial charge on any atom is -0.349 e. The van der Waals surface area contributed by atoms with Gasteiger partial charge in [0.2, 0.25) is 0 Å². The molecule has 0 saturated carbocycles. The fourth-order valence-electron chi connectivity index (χ4n) is 2.11. The van der Waals surface area contributed by atoms with E-state index >= 15 is 0 Å². The van der Waals surface area contributed by atoms with Crippen molar-refractivity contribution in [2.45, 2.75) is 4.90 Å². The first-order valence-corrected chi connectivity index (χ1v) is 8.38. The van der Waals surface area contributed by atoms with Gasteiger partial charge in [0.25, 0.3) is 10.1 Å². The van der Waals surface area contributed by atoms with E-state index in [1.165, 1.54) is 6.07 Å². The number of aromatic nitrogens is 3. The lowest BCUT2D eigenvalue weighted by molar-refractivity contribution is 0.483. The van der Waals surface area contributed by atoms with Gasteiger partial charge >= 0.3 is 0 Å². The molecule has 0 unspecified atom stereocenters. The molecule has 2 N–H and O–H groups in total. The summed E-state index contributed by atoms with van der Waals surface area (Å²) >= 11 is 11.8. The highest BCUT2D eigenvalue weighted by molar-refractivity contribution is 7.86. The zero-order valence-corrected chi connectivity index (χ0v) is 13.6. The van der Waals surface area contributed by atoms with Crippen molar-refractivity contribution in [3.05, 3.63) is 46.7 Å². The molecular formula is C13H8Cl2N4O3S. The molecule has 0 amide bonds. The lowest BCUT2D eigenvalue weighted by Crippen LogP contribution is -2.06. The smallest absolute Gasteiger partial charge is 0.296 e. The number of nitrogens with one attached hydrogen (secondary N) is 1. The van der Waals surface area contributed by atoms with Crippen molar-refractivity contribution in [2.75, 3.05) is 5.32 Å². The van der Waals surface area contributed by atoms with Gasteiger partial charge in [0, 0.05) is 5.39 Å². The molecule has 23 heavy (non-hydrogen) atoms. The maximum Gasteiger partial charge on any atom is 0.296 e. The number of rotatable bonds is 3. The minimum atomic E-state index is -4.48. The van der Waals surface area contributed by atoms with Gasteiger partial charge < -0.3 is 5.32 Å². The molecule has 3 rings (SSSR count). The Kier molecular flexibility index (Phi) is 4.07. The van der Waals surface area contributed by atoms with E-state index in [0.29, 0.717) is 5.39 Å². The lowest BCUT2D eigenvalue weighted by atomic mass is 10.1. The summed E-state index contributed by atoms with van der Waals surface area (Å²) in [5, 5.41) is 14.4. The third-order valence-electron chi connectivity index (χ3n) is 3.10. The molecular weight excluding hydrogens is 363 g/mol. The standard InChI is InChI=1S/C13H8Cl2N4O3S/c14-12-11(13(15)18-19-17-12)16-10-8-4-2-1-3-7(8)5-6-9(10)23(20,21)22/h1-6H,(H,16,19)(H,20,21,22). The van der Waals surface area contributed by atoms with Crippen LogP contribution in [0.2, 0.25) is 10.3 Å². The maximum absolute atomic E-state index is 11.7. The summed E-state index contributed by atoms with van der Waals surface area (Å²) in [7, 11) is -4.48. The largest absolute Gasteiger partial charge is 0.349 e. The first-order valence-electron chi connectivity index (χ1n) is 6.18. The predicted octanol–water partition coefficient (Wildman–Crippen LogP) is 3.32. The van der Waals surface area contributed by atoms with Crippen LogP contribution in [-0.4, -0.2) is 28.4 Å². The molecule has 0 aliphatic carbocycles. The van der Waals surface area contributed by atoms with Crippen LogP contribution in [0.5, 0.6) is 0 Å². The first kappa shape index (κ1) is 15.9. The van der Waals surface area contributed by atoms with Crippen LogP contribution in [0.25, 0.3) is 10.8 Å². The second-order valence-corrected chi connectivity index (χ2v) is 6.61. The average Bonchev–Trinajstić information content (AvgIpc) is 2.50. The van der Waals surface area contributed by atoms with E-state index < -0.39 is 10.1 Å². The van der Waals surface area contributed by atoms with Gasteiger partial charge in [-0.2, -0.15) is 8.42 Å². The Balaban J connectivity index is 2.30. The third kappa shape index (κ3) is 3.06. The summed E-state index contributed by atoms with van der Waals surface area (Å²) in [5.74, 6) is 0. The molecule has 7 nitrogen and oxygen atoms in total. The summed E-state index contributed by atoms with van der Waals surface area (Å²) in [4.78, 5) is -0.319. The predicted molar refractivity (Wildman–Crippen MR) is 86.9 cm³/mol. The Morgan fingerprint density at radius 2 is 1.61 bits per heavy atom. The van der Waals surface area contributed by atoms with Gasteiger partial charge in [-0.15, -0.1) is 10.2 Å². The van der Waals surface area contributed by atoms with Crippen molar-refractivity contribution in [3.8, 4) is 0 Å². The zero-order chi connectivity index (χ0) is 16.6. The number of benzene rings is 2. The second kappa shape index (κ2) is 5.89. The molecule has 0 atom stereocenters. The molecule has 2 aromatic carbocycles.